The summed E-state index contributed by atoms with van der Waals surface area (Å²) in [5.74, 6) is -3.32. The molecule has 1 aromatic carbocycles. The highest BCUT2D eigenvalue weighted by atomic mass is 35.5. The smallest absolute Gasteiger partial charge is 0.431 e. The molecule has 14 heteroatoms. The van der Waals surface area contributed by atoms with Gasteiger partial charge in [0.05, 0.1) is 10.7 Å². The third-order valence-corrected chi connectivity index (χ3v) is 7.22. The predicted molar refractivity (Wildman–Crippen MR) is 113 cm³/mol. The molecule has 184 valence electrons. The Morgan fingerprint density at radius 2 is 1.82 bits per heavy atom. The number of nitrogens with zero attached hydrogens (tertiary/aromatic N) is 2. The molecule has 0 spiro atoms. The standard InChI is InChI=1S/C20H17ClF4N2O6S/c1-26-14(20(23,24)25)8-15(28)27(18(26)32)12-7-13(10(21)6-11(12)22)34-19(4-2-3-5-19)17(31)33-9-16(29)30/h6-8H,2-5,9H2,1H3,(H,29,30). The minimum absolute atomic E-state index is 0.0566. The number of halogens is 5. The number of hydrogen-bond acceptors (Lipinski definition) is 6. The first-order valence-corrected chi connectivity index (χ1v) is 10.9. The van der Waals surface area contributed by atoms with Gasteiger partial charge in [0.2, 0.25) is 0 Å². The highest BCUT2D eigenvalue weighted by Gasteiger charge is 2.44. The van der Waals surface area contributed by atoms with Gasteiger partial charge >= 0.3 is 23.8 Å². The SMILES string of the molecule is Cn1c(C(F)(F)F)cc(=O)n(-c2cc(SC3(C(=O)OCC(=O)O)CCCC3)c(Cl)cc2F)c1=O. The molecule has 1 aromatic heterocycles. The van der Waals surface area contributed by atoms with Crippen LogP contribution in [0.3, 0.4) is 0 Å². The van der Waals surface area contributed by atoms with Gasteiger partial charge in [0, 0.05) is 18.0 Å². The van der Waals surface area contributed by atoms with Crippen molar-refractivity contribution in [3.8, 4) is 5.69 Å². The molecule has 0 bridgehead atoms. The summed E-state index contributed by atoms with van der Waals surface area (Å²) < 4.78 is 58.1. The fraction of sp³-hybridized carbons (Fsp3) is 0.400. The Kier molecular flexibility index (Phi) is 7.18. The van der Waals surface area contributed by atoms with Gasteiger partial charge in [0.1, 0.15) is 16.3 Å². The average molecular weight is 525 g/mol. The molecule has 0 unspecified atom stereocenters. The van der Waals surface area contributed by atoms with E-state index in [2.05, 4.69) is 0 Å². The summed E-state index contributed by atoms with van der Waals surface area (Å²) in [7, 11) is 0.788. The highest BCUT2D eigenvalue weighted by Crippen LogP contribution is 2.48. The number of hydrogen-bond donors (Lipinski definition) is 1. The zero-order valence-electron chi connectivity index (χ0n) is 17.4. The number of alkyl halides is 3. The number of aliphatic carboxylic acids is 1. The summed E-state index contributed by atoms with van der Waals surface area (Å²) in [5.41, 5.74) is -5.01. The maximum Gasteiger partial charge on any atom is 0.431 e. The normalized spacial score (nSPS) is 15.4. The van der Waals surface area contributed by atoms with Crippen molar-refractivity contribution in [2.75, 3.05) is 6.61 Å². The molecule has 1 N–H and O–H groups in total. The fourth-order valence-electron chi connectivity index (χ4n) is 3.65. The van der Waals surface area contributed by atoms with E-state index in [-0.39, 0.29) is 25.1 Å². The van der Waals surface area contributed by atoms with Crippen LogP contribution in [0.2, 0.25) is 5.02 Å². The zero-order valence-corrected chi connectivity index (χ0v) is 19.0. The van der Waals surface area contributed by atoms with Gasteiger partial charge in [-0.3, -0.25) is 14.2 Å². The first-order chi connectivity index (χ1) is 15.8. The van der Waals surface area contributed by atoms with Crippen molar-refractivity contribution in [2.24, 2.45) is 7.05 Å². The molecule has 2 aromatic rings. The number of benzene rings is 1. The van der Waals surface area contributed by atoms with Crippen LogP contribution in [0.15, 0.2) is 32.7 Å². The molecule has 0 atom stereocenters. The summed E-state index contributed by atoms with van der Waals surface area (Å²) in [6, 6.07) is 1.93. The second kappa shape index (κ2) is 9.45. The Hall–Kier alpha value is -2.80. The van der Waals surface area contributed by atoms with E-state index in [0.29, 0.717) is 25.7 Å². The quantitative estimate of drug-likeness (QED) is 0.456. The minimum Gasteiger partial charge on any atom is -0.479 e. The lowest BCUT2D eigenvalue weighted by Crippen LogP contribution is -2.41. The molecule has 1 fully saturated rings. The summed E-state index contributed by atoms with van der Waals surface area (Å²) in [6.07, 6.45) is -3.18. The van der Waals surface area contributed by atoms with Gasteiger partial charge < -0.3 is 9.84 Å². The van der Waals surface area contributed by atoms with Crippen molar-refractivity contribution in [2.45, 2.75) is 41.5 Å². The van der Waals surface area contributed by atoms with E-state index in [9.17, 15) is 36.7 Å². The number of thioether (sulfide) groups is 1. The van der Waals surface area contributed by atoms with Crippen molar-refractivity contribution in [3.63, 3.8) is 0 Å². The van der Waals surface area contributed by atoms with Crippen LogP contribution in [0.5, 0.6) is 0 Å². The molecule has 1 saturated carbocycles. The molecular weight excluding hydrogens is 508 g/mol. The van der Waals surface area contributed by atoms with Crippen LogP contribution in [-0.4, -0.2) is 37.5 Å². The summed E-state index contributed by atoms with van der Waals surface area (Å²) in [6.45, 7) is -0.861. The van der Waals surface area contributed by atoms with Crippen molar-refractivity contribution in [3.05, 3.63) is 55.6 Å². The van der Waals surface area contributed by atoms with Crippen LogP contribution in [0.1, 0.15) is 31.4 Å². The van der Waals surface area contributed by atoms with Crippen molar-refractivity contribution in [1.82, 2.24) is 9.13 Å². The van der Waals surface area contributed by atoms with Crippen LogP contribution in [0.25, 0.3) is 5.69 Å². The number of rotatable bonds is 6. The van der Waals surface area contributed by atoms with E-state index in [1.807, 2.05) is 0 Å². The molecule has 3 rings (SSSR count). The first-order valence-electron chi connectivity index (χ1n) is 9.74. The van der Waals surface area contributed by atoms with E-state index < -0.39 is 57.9 Å². The second-order valence-electron chi connectivity index (χ2n) is 7.55. The first kappa shape index (κ1) is 25.8. The Labute approximate surface area is 198 Å². The number of ether oxygens (including phenoxy) is 1. The summed E-state index contributed by atoms with van der Waals surface area (Å²) in [5, 5.41) is 8.60. The van der Waals surface area contributed by atoms with Crippen LogP contribution < -0.4 is 11.2 Å². The molecule has 8 nitrogen and oxygen atoms in total. The monoisotopic (exact) mass is 524 g/mol. The van der Waals surface area contributed by atoms with Gasteiger partial charge in [-0.05, 0) is 25.0 Å². The Morgan fingerprint density at radius 3 is 2.38 bits per heavy atom. The molecule has 0 aliphatic heterocycles. The molecule has 0 radical (unpaired) electrons. The van der Waals surface area contributed by atoms with Crippen LogP contribution in [0.4, 0.5) is 17.6 Å². The molecule has 0 saturated heterocycles. The van der Waals surface area contributed by atoms with Crippen molar-refractivity contribution < 1.29 is 37.0 Å². The van der Waals surface area contributed by atoms with E-state index in [1.165, 1.54) is 0 Å². The van der Waals surface area contributed by atoms with E-state index in [4.69, 9.17) is 21.4 Å². The Bertz CT molecular complexity index is 1270. The molecular formula is C20H17ClF4N2O6S. The van der Waals surface area contributed by atoms with Gasteiger partial charge in [0.15, 0.2) is 6.61 Å². The summed E-state index contributed by atoms with van der Waals surface area (Å²) in [4.78, 5) is 48.4. The van der Waals surface area contributed by atoms with E-state index in [1.54, 1.807) is 0 Å². The fourth-order valence-corrected chi connectivity index (χ4v) is 5.30. The summed E-state index contributed by atoms with van der Waals surface area (Å²) >= 11 is 6.99. The number of carbonyl (C=O) groups excluding carboxylic acids is 1. The lowest BCUT2D eigenvalue weighted by molar-refractivity contribution is -0.156. The molecule has 1 aliphatic rings. The van der Waals surface area contributed by atoms with Gasteiger partial charge in [-0.1, -0.05) is 24.4 Å². The maximum atomic E-state index is 14.7. The van der Waals surface area contributed by atoms with Gasteiger partial charge in [-0.25, -0.2) is 18.5 Å². The zero-order chi connectivity index (χ0) is 25.4. The molecule has 1 heterocycles. The van der Waals surface area contributed by atoms with Crippen LogP contribution in [0, 0.1) is 5.82 Å². The van der Waals surface area contributed by atoms with Crippen molar-refractivity contribution >= 4 is 35.3 Å². The number of carboxylic acid groups (broad SMARTS) is 1. The minimum atomic E-state index is -4.99. The van der Waals surface area contributed by atoms with E-state index >= 15 is 0 Å². The number of esters is 1. The lowest BCUT2D eigenvalue weighted by Gasteiger charge is -2.26. The third-order valence-electron chi connectivity index (χ3n) is 5.27. The van der Waals surface area contributed by atoms with Crippen LogP contribution >= 0.6 is 23.4 Å². The third kappa shape index (κ3) is 4.99. The molecule has 1 aliphatic carbocycles. The predicted octanol–water partition coefficient (Wildman–Crippen LogP) is 3.38. The van der Waals surface area contributed by atoms with Crippen molar-refractivity contribution in [1.29, 1.82) is 0 Å². The van der Waals surface area contributed by atoms with E-state index in [0.717, 1.165) is 30.9 Å². The molecule has 0 amide bonds. The highest BCUT2D eigenvalue weighted by molar-refractivity contribution is 8.01. The van der Waals surface area contributed by atoms with Gasteiger partial charge in [-0.15, -0.1) is 11.8 Å². The number of carboxylic acids is 1. The van der Waals surface area contributed by atoms with Gasteiger partial charge in [-0.2, -0.15) is 13.2 Å². The number of carbonyl (C=O) groups is 2. The largest absolute Gasteiger partial charge is 0.479 e. The number of aromatic nitrogens is 2. The lowest BCUT2D eigenvalue weighted by atomic mass is 10.1. The Morgan fingerprint density at radius 1 is 1.21 bits per heavy atom. The average Bonchev–Trinajstić information content (AvgIpc) is 3.21. The van der Waals surface area contributed by atoms with Crippen LogP contribution in [-0.2, 0) is 27.5 Å². The molecule has 34 heavy (non-hydrogen) atoms. The Balaban J connectivity index is 2.10. The topological polar surface area (TPSA) is 108 Å². The second-order valence-corrected chi connectivity index (χ2v) is 9.38. The van der Waals surface area contributed by atoms with Gasteiger partial charge in [0.25, 0.3) is 5.56 Å². The maximum absolute atomic E-state index is 14.7.